The maximum absolute atomic E-state index is 14.0. The van der Waals surface area contributed by atoms with Gasteiger partial charge in [0.05, 0.1) is 17.5 Å². The van der Waals surface area contributed by atoms with Crippen molar-refractivity contribution in [2.45, 2.75) is 35.4 Å². The Kier molecular flexibility index (Phi) is 6.02. The van der Waals surface area contributed by atoms with E-state index >= 15 is 0 Å². The molecule has 6 rings (SSSR count). The number of alkyl halides is 2. The molecule has 0 radical (unpaired) electrons. The van der Waals surface area contributed by atoms with Crippen LogP contribution in [-0.4, -0.2) is 67.6 Å². The summed E-state index contributed by atoms with van der Waals surface area (Å²) >= 11 is 14.3. The van der Waals surface area contributed by atoms with Crippen molar-refractivity contribution in [3.05, 3.63) is 65.2 Å². The Morgan fingerprint density at radius 2 is 1.70 bits per heavy atom. The van der Waals surface area contributed by atoms with Crippen LogP contribution in [0.3, 0.4) is 0 Å². The zero-order valence-corrected chi connectivity index (χ0v) is 23.1. The van der Waals surface area contributed by atoms with Crippen LogP contribution in [0, 0.1) is 24.7 Å². The molecule has 2 aliphatic carbocycles. The van der Waals surface area contributed by atoms with E-state index in [4.69, 9.17) is 23.2 Å². The molecule has 1 saturated carbocycles. The Morgan fingerprint density at radius 3 is 2.38 bits per heavy atom. The van der Waals surface area contributed by atoms with Gasteiger partial charge in [-0.05, 0) is 60.5 Å². The first-order valence-electron chi connectivity index (χ1n) is 12.9. The number of amides is 4. The van der Waals surface area contributed by atoms with Crippen LogP contribution in [0.4, 0.5) is 5.69 Å². The molecule has 206 valence electrons. The minimum atomic E-state index is -1.89. The van der Waals surface area contributed by atoms with Crippen molar-refractivity contribution >= 4 is 65.1 Å². The van der Waals surface area contributed by atoms with Crippen LogP contribution in [0.25, 0.3) is 0 Å². The first-order chi connectivity index (χ1) is 18.8. The van der Waals surface area contributed by atoms with Crippen molar-refractivity contribution in [2.24, 2.45) is 17.8 Å². The number of rotatable bonds is 3. The van der Waals surface area contributed by atoms with E-state index in [1.165, 1.54) is 37.4 Å². The molecule has 4 aliphatic rings. The van der Waals surface area contributed by atoms with Gasteiger partial charge in [-0.3, -0.25) is 29.0 Å². The Morgan fingerprint density at radius 1 is 0.975 bits per heavy atom. The van der Waals surface area contributed by atoms with Gasteiger partial charge in [-0.25, -0.2) is 0 Å². The lowest BCUT2D eigenvalue weighted by Gasteiger charge is -2.50. The van der Waals surface area contributed by atoms with Crippen molar-refractivity contribution in [1.29, 1.82) is 0 Å². The highest BCUT2D eigenvalue weighted by atomic mass is 35.5. The number of hydrogen-bond acceptors (Lipinski definition) is 7. The van der Waals surface area contributed by atoms with Gasteiger partial charge in [0.2, 0.25) is 11.8 Å². The third kappa shape index (κ3) is 3.36. The highest BCUT2D eigenvalue weighted by molar-refractivity contribution is 6.58. The van der Waals surface area contributed by atoms with Crippen molar-refractivity contribution in [3.63, 3.8) is 0 Å². The summed E-state index contributed by atoms with van der Waals surface area (Å²) in [5, 5.41) is 29.4. The molecule has 2 aromatic rings. The Labute approximate surface area is 240 Å². The number of imide groups is 2. The number of nitrogens with zero attached hydrogens (tertiary/aromatic N) is 2. The molecule has 0 aromatic heterocycles. The van der Waals surface area contributed by atoms with Crippen molar-refractivity contribution < 1.29 is 34.3 Å². The SMILES string of the molecule is Cc1cc([C@H]2C3=CC[C@@H]4C(=O)N(c5cccc(B(O)O)c5)C(=O)[C@@H]4[C@@H]3C[C@@]3(Cl)C(=O)N(C)C(=O)[C@@]23Cl)ccc1O. The molecule has 3 fully saturated rings. The molecule has 2 aliphatic heterocycles. The fourth-order valence-corrected chi connectivity index (χ4v) is 8.07. The Hall–Kier alpha value is -3.18. The molecule has 6 atom stereocenters. The molecular weight excluding hydrogens is 558 g/mol. The van der Waals surface area contributed by atoms with Gasteiger partial charge in [0.25, 0.3) is 11.8 Å². The molecule has 0 unspecified atom stereocenters. The number of phenols is 1. The monoisotopic (exact) mass is 582 g/mol. The average Bonchev–Trinajstić information content (AvgIpc) is 3.25. The first kappa shape index (κ1) is 27.0. The zero-order chi connectivity index (χ0) is 28.9. The topological polar surface area (TPSA) is 135 Å². The van der Waals surface area contributed by atoms with Crippen molar-refractivity contribution in [2.75, 3.05) is 11.9 Å². The molecule has 2 saturated heterocycles. The van der Waals surface area contributed by atoms with Crippen LogP contribution in [0.15, 0.2) is 54.1 Å². The van der Waals surface area contributed by atoms with Gasteiger partial charge in [0.15, 0.2) is 9.75 Å². The minimum absolute atomic E-state index is 0.0444. The molecule has 2 heterocycles. The van der Waals surface area contributed by atoms with E-state index < -0.39 is 64.2 Å². The van der Waals surface area contributed by atoms with E-state index in [0.717, 1.165) is 9.80 Å². The first-order valence-corrected chi connectivity index (χ1v) is 13.6. The fraction of sp³-hybridized carbons (Fsp3) is 0.357. The zero-order valence-electron chi connectivity index (χ0n) is 21.5. The van der Waals surface area contributed by atoms with Crippen molar-refractivity contribution in [3.8, 4) is 5.75 Å². The molecule has 0 bridgehead atoms. The second kappa shape index (κ2) is 8.91. The number of carbonyl (C=O) groups is 4. The number of carbonyl (C=O) groups excluding carboxylic acids is 4. The van der Waals surface area contributed by atoms with E-state index in [0.29, 0.717) is 16.7 Å². The second-order valence-corrected chi connectivity index (χ2v) is 12.3. The largest absolute Gasteiger partial charge is 0.508 e. The van der Waals surface area contributed by atoms with Gasteiger partial charge in [0.1, 0.15) is 5.75 Å². The van der Waals surface area contributed by atoms with E-state index in [2.05, 4.69) is 0 Å². The van der Waals surface area contributed by atoms with Crippen LogP contribution in [0.1, 0.15) is 29.9 Å². The fourth-order valence-electron chi connectivity index (χ4n) is 7.05. The number of allylic oxidation sites excluding steroid dienone is 2. The molecule has 2 aromatic carbocycles. The third-order valence-electron chi connectivity index (χ3n) is 8.99. The van der Waals surface area contributed by atoms with Gasteiger partial charge in [-0.1, -0.05) is 35.9 Å². The minimum Gasteiger partial charge on any atom is -0.508 e. The molecule has 4 amide bonds. The summed E-state index contributed by atoms with van der Waals surface area (Å²) in [6.45, 7) is 1.70. The summed E-state index contributed by atoms with van der Waals surface area (Å²) < 4.78 is 0. The standard InChI is InChI=1S/C28H25BCl2N2O7/c1-13-10-14(6-9-20(13)34)22-17-7-8-18-21(19(17)12-27(30)25(37)32(2)26(38)28(22,27)31)24(36)33(23(18)35)16-5-3-4-15(11-16)29(39)40/h3-7,9-11,18-19,21-22,34,39-40H,8,12H2,1-2H3/t18-,19+,21-,22-,27+,28-/m0/s1. The number of benzene rings is 2. The number of hydrogen-bond donors (Lipinski definition) is 3. The van der Waals surface area contributed by atoms with Crippen LogP contribution in [-0.2, 0) is 19.2 Å². The third-order valence-corrected chi connectivity index (χ3v) is 10.4. The van der Waals surface area contributed by atoms with Gasteiger partial charge in [-0.2, -0.15) is 0 Å². The number of fused-ring (bicyclic) bond motifs is 4. The predicted molar refractivity (Wildman–Crippen MR) is 147 cm³/mol. The number of halogens is 2. The van der Waals surface area contributed by atoms with E-state index in [1.54, 1.807) is 19.1 Å². The highest BCUT2D eigenvalue weighted by Gasteiger charge is 2.75. The Bertz CT molecular complexity index is 1550. The lowest BCUT2D eigenvalue weighted by Crippen LogP contribution is -2.60. The predicted octanol–water partition coefficient (Wildman–Crippen LogP) is 1.57. The number of aromatic hydroxyl groups is 1. The van der Waals surface area contributed by atoms with Crippen LogP contribution < -0.4 is 10.4 Å². The molecule has 12 heteroatoms. The molecule has 3 N–H and O–H groups in total. The summed E-state index contributed by atoms with van der Waals surface area (Å²) in [5.74, 6) is -5.41. The number of aryl methyl sites for hydroxylation is 1. The molecule has 40 heavy (non-hydrogen) atoms. The van der Waals surface area contributed by atoms with Crippen LogP contribution >= 0.6 is 23.2 Å². The number of anilines is 1. The number of phenolic OH excluding ortho intramolecular Hbond substituents is 1. The van der Waals surface area contributed by atoms with E-state index in [1.807, 2.05) is 6.08 Å². The van der Waals surface area contributed by atoms with E-state index in [-0.39, 0.29) is 29.7 Å². The molecule has 0 spiro atoms. The smallest absolute Gasteiger partial charge is 0.488 e. The van der Waals surface area contributed by atoms with Crippen LogP contribution in [0.5, 0.6) is 5.75 Å². The molecular formula is C28H25BCl2N2O7. The summed E-state index contributed by atoms with van der Waals surface area (Å²) in [7, 11) is -0.460. The van der Waals surface area contributed by atoms with Crippen LogP contribution in [0.2, 0.25) is 0 Å². The molecule has 9 nitrogen and oxygen atoms in total. The van der Waals surface area contributed by atoms with Gasteiger partial charge >= 0.3 is 7.12 Å². The normalized spacial score (nSPS) is 33.1. The van der Waals surface area contributed by atoms with Gasteiger partial charge in [0, 0.05) is 13.0 Å². The maximum atomic E-state index is 14.0. The quantitative estimate of drug-likeness (QED) is 0.216. The summed E-state index contributed by atoms with van der Waals surface area (Å²) in [6, 6.07) is 10.7. The highest BCUT2D eigenvalue weighted by Crippen LogP contribution is 2.65. The van der Waals surface area contributed by atoms with Gasteiger partial charge in [-0.15, -0.1) is 23.2 Å². The lowest BCUT2D eigenvalue weighted by molar-refractivity contribution is -0.138. The lowest BCUT2D eigenvalue weighted by atomic mass is 9.56. The second-order valence-electron chi connectivity index (χ2n) is 11.0. The summed E-state index contributed by atoms with van der Waals surface area (Å²) in [6.07, 6.45) is 1.90. The maximum Gasteiger partial charge on any atom is 0.488 e. The average molecular weight is 583 g/mol. The summed E-state index contributed by atoms with van der Waals surface area (Å²) in [4.78, 5) is 52.9. The number of likely N-dealkylation sites (tertiary alicyclic amines) is 1. The van der Waals surface area contributed by atoms with E-state index in [9.17, 15) is 34.3 Å². The van der Waals surface area contributed by atoms with Crippen molar-refractivity contribution in [1.82, 2.24) is 4.90 Å². The summed E-state index contributed by atoms with van der Waals surface area (Å²) in [5.41, 5.74) is 2.06. The van der Waals surface area contributed by atoms with Gasteiger partial charge < -0.3 is 15.2 Å². The Balaban J connectivity index is 1.50.